The molecule has 2 heterocycles. The number of rotatable bonds is 11. The highest BCUT2D eigenvalue weighted by Crippen LogP contribution is 2.40. The number of hydrazone groups is 1. The quantitative estimate of drug-likeness (QED) is 0.0831. The van der Waals surface area contributed by atoms with Crippen LogP contribution in [0, 0.1) is 0 Å². The number of benzene rings is 7. The fraction of sp³-hybridized carbons (Fsp3) is 0.0600. The number of para-hydroxylation sites is 1. The molecule has 0 fully saturated rings. The van der Waals surface area contributed by atoms with E-state index >= 15 is 0 Å². The predicted molar refractivity (Wildman–Crippen MR) is 226 cm³/mol. The van der Waals surface area contributed by atoms with Gasteiger partial charge in [0.2, 0.25) is 0 Å². The lowest BCUT2D eigenvalue weighted by atomic mass is 9.92. The number of hydrogen-bond donors (Lipinski definition) is 1. The van der Waals surface area contributed by atoms with Crippen molar-refractivity contribution >= 4 is 55.5 Å². The Morgan fingerprint density at radius 2 is 1.33 bits per heavy atom. The van der Waals surface area contributed by atoms with E-state index in [4.69, 9.17) is 13.9 Å². The van der Waals surface area contributed by atoms with Crippen molar-refractivity contribution in [1.29, 1.82) is 0 Å². The molecular weight excluding hydrogens is 661 g/mol. The molecule has 0 aliphatic carbocycles. The van der Waals surface area contributed by atoms with Crippen LogP contribution in [0.5, 0.6) is 0 Å². The summed E-state index contributed by atoms with van der Waals surface area (Å²) in [6.45, 7) is 4.47. The third kappa shape index (κ3) is 6.39. The van der Waals surface area contributed by atoms with Gasteiger partial charge in [-0.2, -0.15) is 5.10 Å². The first-order chi connectivity index (χ1) is 26.7. The molecule has 0 bridgehead atoms. The highest BCUT2D eigenvalue weighted by Gasteiger charge is 2.20. The van der Waals surface area contributed by atoms with Crippen molar-refractivity contribution in [3.63, 3.8) is 0 Å². The molecule has 0 saturated carbocycles. The van der Waals surface area contributed by atoms with Gasteiger partial charge in [0.1, 0.15) is 22.5 Å². The molecule has 0 atom stereocenters. The van der Waals surface area contributed by atoms with E-state index in [0.29, 0.717) is 13.0 Å². The van der Waals surface area contributed by atoms with Crippen LogP contribution in [0.2, 0.25) is 0 Å². The van der Waals surface area contributed by atoms with E-state index in [2.05, 4.69) is 158 Å². The Bertz CT molecular complexity index is 2850. The number of aryl methyl sites for hydroxylation is 1. The summed E-state index contributed by atoms with van der Waals surface area (Å²) in [4.78, 5) is 0. The van der Waals surface area contributed by atoms with Gasteiger partial charge in [0, 0.05) is 27.3 Å². The number of fused-ring (bicyclic) bond motifs is 5. The van der Waals surface area contributed by atoms with Gasteiger partial charge in [-0.3, -0.25) is 0 Å². The summed E-state index contributed by atoms with van der Waals surface area (Å²) in [5, 5.41) is 10.9. The van der Waals surface area contributed by atoms with Gasteiger partial charge in [-0.25, -0.2) is 0 Å². The first kappa shape index (κ1) is 33.0. The smallest absolute Gasteiger partial charge is 0.136 e. The normalized spacial score (nSPS) is 12.0. The average Bonchev–Trinajstić information content (AvgIpc) is 3.79. The van der Waals surface area contributed by atoms with Crippen molar-refractivity contribution in [2.45, 2.75) is 19.4 Å². The molecule has 2 aromatic heterocycles. The summed E-state index contributed by atoms with van der Waals surface area (Å²) >= 11 is 0. The minimum Gasteiger partial charge on any atom is -0.456 e. The van der Waals surface area contributed by atoms with Gasteiger partial charge >= 0.3 is 0 Å². The first-order valence-electron chi connectivity index (χ1n) is 18.4. The molecule has 260 valence electrons. The van der Waals surface area contributed by atoms with Crippen molar-refractivity contribution in [2.24, 2.45) is 5.10 Å². The SMILES string of the molecule is C=C/C=C\c1oc2ccccc2c1CC/C(=N\NCc1ccc2ccccc2c1)c1cccc2oc3cccc(-c4cccc(-c5ccccc5)c4)c3c12. The molecule has 7 aromatic carbocycles. The van der Waals surface area contributed by atoms with Crippen LogP contribution in [-0.4, -0.2) is 5.71 Å². The minimum absolute atomic E-state index is 0.593. The monoisotopic (exact) mass is 698 g/mol. The van der Waals surface area contributed by atoms with Gasteiger partial charge in [-0.1, -0.05) is 146 Å². The maximum atomic E-state index is 6.60. The fourth-order valence-electron chi connectivity index (χ4n) is 7.58. The van der Waals surface area contributed by atoms with E-state index in [1.54, 1.807) is 6.08 Å². The molecular formula is C50H38N2O2. The lowest BCUT2D eigenvalue weighted by molar-refractivity contribution is 0.598. The summed E-state index contributed by atoms with van der Waals surface area (Å²) in [6, 6.07) is 55.2. The van der Waals surface area contributed by atoms with Crippen LogP contribution in [-0.2, 0) is 13.0 Å². The molecule has 4 nitrogen and oxygen atoms in total. The molecule has 0 aliphatic rings. The highest BCUT2D eigenvalue weighted by molar-refractivity contribution is 6.22. The molecule has 9 rings (SSSR count). The third-order valence-electron chi connectivity index (χ3n) is 10.2. The van der Waals surface area contributed by atoms with E-state index in [9.17, 15) is 0 Å². The van der Waals surface area contributed by atoms with Crippen LogP contribution in [0.3, 0.4) is 0 Å². The minimum atomic E-state index is 0.593. The van der Waals surface area contributed by atoms with Crippen LogP contribution in [0.4, 0.5) is 0 Å². The summed E-state index contributed by atoms with van der Waals surface area (Å²) in [7, 11) is 0. The van der Waals surface area contributed by atoms with Gasteiger partial charge in [-0.05, 0) is 87.8 Å². The fourth-order valence-corrected chi connectivity index (χ4v) is 7.58. The van der Waals surface area contributed by atoms with Gasteiger partial charge in [0.05, 0.1) is 12.3 Å². The standard InChI is InChI=1S/C50H38N2O2/c1-2-3-23-45-42(41-20-9-10-24-46(41)53-45)29-30-44(52-51-33-34-27-28-36-16-7-8-17-37(36)31-34)43-22-13-26-48-50(43)49-40(21-12-25-47(49)54-48)39-19-11-18-38(32-39)35-14-5-4-6-15-35/h2-28,31-32,51H,1,29-30,33H2/b23-3-,52-44+. The summed E-state index contributed by atoms with van der Waals surface area (Å²) < 4.78 is 12.9. The van der Waals surface area contributed by atoms with Gasteiger partial charge < -0.3 is 14.3 Å². The molecule has 0 saturated heterocycles. The molecule has 1 N–H and O–H groups in total. The van der Waals surface area contributed by atoms with E-state index < -0.39 is 0 Å². The Morgan fingerprint density at radius 3 is 2.22 bits per heavy atom. The number of furan rings is 2. The number of nitrogens with zero attached hydrogens (tertiary/aromatic N) is 1. The largest absolute Gasteiger partial charge is 0.456 e. The molecule has 0 amide bonds. The zero-order valence-electron chi connectivity index (χ0n) is 29.8. The molecule has 9 aromatic rings. The number of allylic oxidation sites excluding steroid dienone is 2. The molecule has 0 unspecified atom stereocenters. The second kappa shape index (κ2) is 14.6. The maximum Gasteiger partial charge on any atom is 0.136 e. The lowest BCUT2D eigenvalue weighted by Gasteiger charge is -2.12. The van der Waals surface area contributed by atoms with Crippen molar-refractivity contribution in [1.82, 2.24) is 5.43 Å². The molecule has 0 aliphatic heterocycles. The Morgan fingerprint density at radius 1 is 0.611 bits per heavy atom. The second-order valence-corrected chi connectivity index (χ2v) is 13.5. The Labute approximate surface area is 314 Å². The van der Waals surface area contributed by atoms with Crippen molar-refractivity contribution in [2.75, 3.05) is 0 Å². The molecule has 0 spiro atoms. The van der Waals surface area contributed by atoms with Gasteiger partial charge in [0.15, 0.2) is 0 Å². The Balaban J connectivity index is 1.16. The topological polar surface area (TPSA) is 50.7 Å². The van der Waals surface area contributed by atoms with E-state index in [0.717, 1.165) is 73.1 Å². The third-order valence-corrected chi connectivity index (χ3v) is 10.2. The van der Waals surface area contributed by atoms with Crippen molar-refractivity contribution < 1.29 is 8.83 Å². The van der Waals surface area contributed by atoms with Crippen molar-refractivity contribution in [3.05, 3.63) is 199 Å². The maximum absolute atomic E-state index is 6.60. The zero-order chi connectivity index (χ0) is 36.3. The van der Waals surface area contributed by atoms with E-state index in [1.165, 1.54) is 27.5 Å². The molecule has 54 heavy (non-hydrogen) atoms. The van der Waals surface area contributed by atoms with Gasteiger partial charge in [-0.15, -0.1) is 0 Å². The number of nitrogens with one attached hydrogen (secondary N) is 1. The van der Waals surface area contributed by atoms with Crippen LogP contribution in [0.15, 0.2) is 190 Å². The van der Waals surface area contributed by atoms with E-state index in [1.807, 2.05) is 24.3 Å². The number of hydrogen-bond acceptors (Lipinski definition) is 4. The molecule has 0 radical (unpaired) electrons. The Kier molecular flexibility index (Phi) is 8.92. The average molecular weight is 699 g/mol. The van der Waals surface area contributed by atoms with Gasteiger partial charge in [0.25, 0.3) is 0 Å². The lowest BCUT2D eigenvalue weighted by Crippen LogP contribution is -2.13. The van der Waals surface area contributed by atoms with Crippen LogP contribution >= 0.6 is 0 Å². The summed E-state index contributed by atoms with van der Waals surface area (Å²) in [6.07, 6.45) is 7.09. The van der Waals surface area contributed by atoms with Crippen LogP contribution < -0.4 is 5.43 Å². The van der Waals surface area contributed by atoms with Crippen LogP contribution in [0.25, 0.3) is 72.0 Å². The van der Waals surface area contributed by atoms with E-state index in [-0.39, 0.29) is 0 Å². The Hall–Kier alpha value is -6.91. The second-order valence-electron chi connectivity index (χ2n) is 13.5. The summed E-state index contributed by atoms with van der Waals surface area (Å²) in [5.74, 6) is 0.840. The zero-order valence-corrected chi connectivity index (χ0v) is 29.8. The summed E-state index contributed by atoms with van der Waals surface area (Å²) in [5.41, 5.74) is 14.9. The predicted octanol–water partition coefficient (Wildman–Crippen LogP) is 13.1. The van der Waals surface area contributed by atoms with Crippen LogP contribution in [0.1, 0.15) is 28.9 Å². The van der Waals surface area contributed by atoms with Crippen molar-refractivity contribution in [3.8, 4) is 22.3 Å². The highest BCUT2D eigenvalue weighted by atomic mass is 16.3. The molecule has 4 heteroatoms. The first-order valence-corrected chi connectivity index (χ1v) is 18.4.